The van der Waals surface area contributed by atoms with Crippen molar-refractivity contribution in [1.82, 2.24) is 0 Å². The third-order valence-corrected chi connectivity index (χ3v) is 20.5. The van der Waals surface area contributed by atoms with Crippen LogP contribution in [0.15, 0.2) is 24.3 Å². The Kier molecular flexibility index (Phi) is 69.1. The Bertz CT molecular complexity index is 2040. The van der Waals surface area contributed by atoms with E-state index in [1.54, 1.807) is 0 Å². The summed E-state index contributed by atoms with van der Waals surface area (Å²) in [4.78, 5) is 73.0. The molecule has 0 aliphatic rings. The van der Waals surface area contributed by atoms with Gasteiger partial charge in [0.25, 0.3) is 0 Å². The molecule has 19 heteroatoms. The first-order valence-electron chi connectivity index (χ1n) is 41.2. The van der Waals surface area contributed by atoms with E-state index in [1.807, 2.05) is 0 Å². The molecule has 6 atom stereocenters. The Labute approximate surface area is 612 Å². The van der Waals surface area contributed by atoms with Crippen LogP contribution in [-0.2, 0) is 65.4 Å². The van der Waals surface area contributed by atoms with Crippen molar-refractivity contribution in [2.24, 2.45) is 17.8 Å². The van der Waals surface area contributed by atoms with Crippen LogP contribution in [0.5, 0.6) is 0 Å². The molecule has 100 heavy (non-hydrogen) atoms. The molecule has 0 aliphatic carbocycles. The van der Waals surface area contributed by atoms with Gasteiger partial charge < -0.3 is 33.8 Å². The van der Waals surface area contributed by atoms with Crippen LogP contribution < -0.4 is 0 Å². The number of rotatable bonds is 77. The van der Waals surface area contributed by atoms with Gasteiger partial charge in [0, 0.05) is 25.7 Å². The average molecular weight is 1460 g/mol. The molecule has 0 saturated carbocycles. The topological polar surface area (TPSA) is 237 Å². The molecule has 0 saturated heterocycles. The fraction of sp³-hybridized carbons (Fsp3) is 0.901. The lowest BCUT2D eigenvalue weighted by Crippen LogP contribution is -2.30. The molecule has 0 amide bonds. The van der Waals surface area contributed by atoms with Crippen LogP contribution in [-0.4, -0.2) is 96.7 Å². The van der Waals surface area contributed by atoms with Gasteiger partial charge in [-0.2, -0.15) is 0 Å². The Balaban J connectivity index is 5.30. The maximum absolute atomic E-state index is 13.1. The Morgan fingerprint density at radius 1 is 0.330 bits per heavy atom. The maximum atomic E-state index is 13.1. The molecule has 0 aromatic rings. The van der Waals surface area contributed by atoms with Gasteiger partial charge in [-0.15, -0.1) is 0 Å². The van der Waals surface area contributed by atoms with Crippen molar-refractivity contribution in [3.63, 3.8) is 0 Å². The fourth-order valence-electron chi connectivity index (χ4n) is 11.9. The number of carbonyl (C=O) groups is 4. The van der Waals surface area contributed by atoms with Gasteiger partial charge in [0.15, 0.2) is 12.2 Å². The fourth-order valence-corrected chi connectivity index (χ4v) is 13.5. The lowest BCUT2D eigenvalue weighted by Gasteiger charge is -2.21. The van der Waals surface area contributed by atoms with Gasteiger partial charge in [-0.05, 0) is 69.1 Å². The third-order valence-electron chi connectivity index (χ3n) is 18.6. The number of unbranched alkanes of at least 4 members (excludes halogenated alkanes) is 41. The number of phosphoric acid groups is 2. The average Bonchev–Trinajstić information content (AvgIpc) is 0.924. The smallest absolute Gasteiger partial charge is 0.462 e. The van der Waals surface area contributed by atoms with Gasteiger partial charge in [-0.1, -0.05) is 342 Å². The van der Waals surface area contributed by atoms with Crippen LogP contribution in [0.2, 0.25) is 0 Å². The van der Waals surface area contributed by atoms with Crippen LogP contribution in [0.3, 0.4) is 0 Å². The minimum absolute atomic E-state index is 0.101. The number of hydrogen-bond donors (Lipinski definition) is 3. The number of allylic oxidation sites excluding steroid dienone is 4. The SMILES string of the molecule is CCCCCC/C=C\C=C/CCCCCCCC(=O)OC[C@H](COP(=O)(O)OC[C@@H](O)COP(=O)(O)OC[C@@H](COC(=O)CCCCCCCCCCCC(C)C)OC(=O)CCCCCCCCCCCCCCC(C)C)OC(=O)CCCCCCCCCCCCCCCCC(C)CC. The quantitative estimate of drug-likeness (QED) is 0.0169. The van der Waals surface area contributed by atoms with Crippen molar-refractivity contribution >= 4 is 39.5 Å². The van der Waals surface area contributed by atoms with Gasteiger partial charge in [-0.25, -0.2) is 9.13 Å². The predicted molar refractivity (Wildman–Crippen MR) is 409 cm³/mol. The molecule has 0 spiro atoms. The molecular formula is C81H154O17P2. The summed E-state index contributed by atoms with van der Waals surface area (Å²) in [6, 6.07) is 0. The monoisotopic (exact) mass is 1460 g/mol. The van der Waals surface area contributed by atoms with E-state index in [1.165, 1.54) is 186 Å². The third kappa shape index (κ3) is 72.5. The van der Waals surface area contributed by atoms with Gasteiger partial charge in [0.2, 0.25) is 0 Å². The molecule has 0 aromatic heterocycles. The van der Waals surface area contributed by atoms with Crippen molar-refractivity contribution < 1.29 is 80.2 Å². The van der Waals surface area contributed by atoms with E-state index < -0.39 is 97.5 Å². The van der Waals surface area contributed by atoms with Gasteiger partial charge >= 0.3 is 39.5 Å². The van der Waals surface area contributed by atoms with E-state index in [2.05, 4.69) is 72.8 Å². The van der Waals surface area contributed by atoms with E-state index in [0.29, 0.717) is 25.7 Å². The van der Waals surface area contributed by atoms with E-state index in [0.717, 1.165) is 127 Å². The van der Waals surface area contributed by atoms with Crippen molar-refractivity contribution in [3.8, 4) is 0 Å². The summed E-state index contributed by atoms with van der Waals surface area (Å²) < 4.78 is 68.7. The largest absolute Gasteiger partial charge is 0.472 e. The standard InChI is InChI=1S/C81H154O17P2/c1-8-10-11-12-13-14-15-16-17-21-27-34-41-48-55-62-78(83)91-68-76(97-80(85)64-57-50-43-35-28-22-19-18-20-26-33-40-47-54-61-74(7)9-2)70-95-99(87,88)93-66-75(82)67-94-100(89,90)96-71-77(69-92-79(84)63-56-49-42-37-30-32-39-46-53-60-73(5)6)98-81(86)65-58-51-44-36-29-24-23-25-31-38-45-52-59-72(3)4/h14-17,72-77,82H,8-13,18-71H2,1-7H3,(H,87,88)(H,89,90)/b15-14-,17-16-/t74?,75-,76-,77-/m1/s1. The van der Waals surface area contributed by atoms with Crippen molar-refractivity contribution in [2.45, 2.75) is 414 Å². The number of aliphatic hydroxyl groups excluding tert-OH is 1. The van der Waals surface area contributed by atoms with E-state index in [-0.39, 0.29) is 25.7 Å². The molecule has 0 aromatic carbocycles. The van der Waals surface area contributed by atoms with Crippen molar-refractivity contribution in [3.05, 3.63) is 24.3 Å². The lowest BCUT2D eigenvalue weighted by atomic mass is 9.99. The van der Waals surface area contributed by atoms with Crippen molar-refractivity contribution in [1.29, 1.82) is 0 Å². The second-order valence-corrected chi connectivity index (χ2v) is 32.6. The van der Waals surface area contributed by atoms with Gasteiger partial charge in [0.05, 0.1) is 26.4 Å². The molecule has 0 fully saturated rings. The number of phosphoric ester groups is 2. The van der Waals surface area contributed by atoms with Crippen molar-refractivity contribution in [2.75, 3.05) is 39.6 Å². The zero-order valence-corrected chi connectivity index (χ0v) is 66.9. The highest BCUT2D eigenvalue weighted by Crippen LogP contribution is 2.45. The highest BCUT2D eigenvalue weighted by atomic mass is 31.2. The zero-order chi connectivity index (χ0) is 73.7. The van der Waals surface area contributed by atoms with Gasteiger partial charge in [0.1, 0.15) is 19.3 Å². The molecule has 0 radical (unpaired) electrons. The molecule has 3 unspecified atom stereocenters. The minimum atomic E-state index is -4.97. The van der Waals surface area contributed by atoms with Crippen LogP contribution in [0.25, 0.3) is 0 Å². The van der Waals surface area contributed by atoms with Crippen LogP contribution in [0.4, 0.5) is 0 Å². The second-order valence-electron chi connectivity index (χ2n) is 29.7. The first-order chi connectivity index (χ1) is 48.3. The molecule has 590 valence electrons. The molecule has 0 bridgehead atoms. The van der Waals surface area contributed by atoms with E-state index in [4.69, 9.17) is 37.0 Å². The summed E-state index contributed by atoms with van der Waals surface area (Å²) >= 11 is 0. The Morgan fingerprint density at radius 2 is 0.590 bits per heavy atom. The summed E-state index contributed by atoms with van der Waals surface area (Å²) in [6.07, 6.45) is 61.7. The summed E-state index contributed by atoms with van der Waals surface area (Å²) in [5.41, 5.74) is 0. The number of aliphatic hydroxyl groups is 1. The Morgan fingerprint density at radius 3 is 0.890 bits per heavy atom. The zero-order valence-electron chi connectivity index (χ0n) is 65.2. The number of carbonyl (C=O) groups excluding carboxylic acids is 4. The van der Waals surface area contributed by atoms with E-state index >= 15 is 0 Å². The minimum Gasteiger partial charge on any atom is -0.462 e. The van der Waals surface area contributed by atoms with Crippen LogP contribution in [0.1, 0.15) is 395 Å². The molecule has 17 nitrogen and oxygen atoms in total. The molecule has 0 aliphatic heterocycles. The normalized spacial score (nSPS) is 14.4. The van der Waals surface area contributed by atoms with E-state index in [9.17, 15) is 43.2 Å². The summed E-state index contributed by atoms with van der Waals surface area (Å²) in [7, 11) is -9.93. The van der Waals surface area contributed by atoms with Crippen LogP contribution in [0, 0.1) is 17.8 Å². The van der Waals surface area contributed by atoms with Crippen LogP contribution >= 0.6 is 15.6 Å². The highest BCUT2D eigenvalue weighted by Gasteiger charge is 2.30. The number of hydrogen-bond acceptors (Lipinski definition) is 15. The number of esters is 4. The first-order valence-corrected chi connectivity index (χ1v) is 44.2. The molecule has 0 heterocycles. The maximum Gasteiger partial charge on any atom is 0.472 e. The summed E-state index contributed by atoms with van der Waals surface area (Å²) in [6.45, 7) is 11.9. The summed E-state index contributed by atoms with van der Waals surface area (Å²) in [5.74, 6) is 0.220. The first kappa shape index (κ1) is 97.5. The molecular weight excluding hydrogens is 1310 g/mol. The summed E-state index contributed by atoms with van der Waals surface area (Å²) in [5, 5.41) is 10.6. The van der Waals surface area contributed by atoms with Gasteiger partial charge in [-0.3, -0.25) is 37.3 Å². The molecule has 3 N–H and O–H groups in total. The lowest BCUT2D eigenvalue weighted by molar-refractivity contribution is -0.161. The number of ether oxygens (including phenoxy) is 4. The highest BCUT2D eigenvalue weighted by molar-refractivity contribution is 7.47. The Hall–Kier alpha value is -2.46. The predicted octanol–water partition coefficient (Wildman–Crippen LogP) is 23.7. The molecule has 0 rings (SSSR count). The second kappa shape index (κ2) is 70.8.